The number of halogens is 1. The van der Waals surface area contributed by atoms with Gasteiger partial charge in [-0.2, -0.15) is 0 Å². The quantitative estimate of drug-likeness (QED) is 0.622. The fourth-order valence-corrected chi connectivity index (χ4v) is 3.98. The molecular formula is C24H25ClN4O2. The van der Waals surface area contributed by atoms with Gasteiger partial charge in [0.05, 0.1) is 18.7 Å². The Bertz CT molecular complexity index is 1020. The third kappa shape index (κ3) is 5.14. The Morgan fingerprint density at radius 2 is 1.94 bits per heavy atom. The van der Waals surface area contributed by atoms with Crippen molar-refractivity contribution in [3.05, 3.63) is 71.2 Å². The van der Waals surface area contributed by atoms with Crippen molar-refractivity contribution in [3.8, 4) is 17.0 Å². The van der Waals surface area contributed by atoms with Crippen LogP contribution in [0.5, 0.6) is 5.75 Å². The van der Waals surface area contributed by atoms with Gasteiger partial charge in [0.2, 0.25) is 5.91 Å². The van der Waals surface area contributed by atoms with Crippen molar-refractivity contribution in [3.63, 3.8) is 0 Å². The zero-order valence-corrected chi connectivity index (χ0v) is 18.2. The molecule has 1 atom stereocenters. The van der Waals surface area contributed by atoms with E-state index in [1.165, 1.54) is 0 Å². The highest BCUT2D eigenvalue weighted by Gasteiger charge is 2.26. The van der Waals surface area contributed by atoms with E-state index in [0.29, 0.717) is 18.1 Å². The van der Waals surface area contributed by atoms with Crippen LogP contribution >= 0.6 is 11.6 Å². The molecule has 0 spiro atoms. The average Bonchev–Trinajstić information content (AvgIpc) is 2.83. The highest BCUT2D eigenvalue weighted by molar-refractivity contribution is 6.31. The maximum atomic E-state index is 12.7. The smallest absolute Gasteiger partial charge is 0.225 e. The summed E-state index contributed by atoms with van der Waals surface area (Å²) in [5.74, 6) is 1.56. The molecule has 3 aromatic rings. The molecule has 2 heterocycles. The van der Waals surface area contributed by atoms with Crippen LogP contribution < -0.4 is 15.0 Å². The molecule has 1 unspecified atom stereocenters. The Balaban J connectivity index is 1.37. The van der Waals surface area contributed by atoms with Gasteiger partial charge in [-0.3, -0.25) is 4.79 Å². The van der Waals surface area contributed by atoms with E-state index in [4.69, 9.17) is 16.3 Å². The van der Waals surface area contributed by atoms with Gasteiger partial charge in [0.15, 0.2) is 5.82 Å². The number of hydrogen-bond donors (Lipinski definition) is 1. The number of aromatic nitrogens is 2. The van der Waals surface area contributed by atoms with Crippen molar-refractivity contribution in [1.82, 2.24) is 15.5 Å². The van der Waals surface area contributed by atoms with E-state index in [-0.39, 0.29) is 11.8 Å². The fraction of sp³-hybridized carbons (Fsp3) is 0.292. The minimum atomic E-state index is -0.0840. The van der Waals surface area contributed by atoms with Crippen LogP contribution in [0, 0.1) is 5.92 Å². The Labute approximate surface area is 187 Å². The van der Waals surface area contributed by atoms with E-state index >= 15 is 0 Å². The lowest BCUT2D eigenvalue weighted by atomic mass is 9.97. The van der Waals surface area contributed by atoms with Gasteiger partial charge in [-0.1, -0.05) is 29.8 Å². The topological polar surface area (TPSA) is 67.3 Å². The molecule has 1 N–H and O–H groups in total. The Morgan fingerprint density at radius 1 is 1.13 bits per heavy atom. The normalized spacial score (nSPS) is 16.1. The lowest BCUT2D eigenvalue weighted by molar-refractivity contribution is -0.125. The summed E-state index contributed by atoms with van der Waals surface area (Å²) in [4.78, 5) is 14.9. The first-order valence-corrected chi connectivity index (χ1v) is 10.8. The van der Waals surface area contributed by atoms with Crippen molar-refractivity contribution in [1.29, 1.82) is 0 Å². The zero-order valence-electron chi connectivity index (χ0n) is 17.4. The van der Waals surface area contributed by atoms with E-state index in [9.17, 15) is 4.79 Å². The van der Waals surface area contributed by atoms with Crippen molar-refractivity contribution in [2.45, 2.75) is 19.4 Å². The molecule has 6 nitrogen and oxygen atoms in total. The summed E-state index contributed by atoms with van der Waals surface area (Å²) in [6.07, 6.45) is 1.80. The molecule has 1 aliphatic heterocycles. The summed E-state index contributed by atoms with van der Waals surface area (Å²) >= 11 is 6.19. The number of carbonyl (C=O) groups excluding carboxylic acids is 1. The number of nitrogens with zero attached hydrogens (tertiary/aromatic N) is 3. The van der Waals surface area contributed by atoms with Gasteiger partial charge < -0.3 is 15.0 Å². The van der Waals surface area contributed by atoms with Gasteiger partial charge in [-0.25, -0.2) is 0 Å². The maximum absolute atomic E-state index is 12.7. The number of rotatable bonds is 6. The standard InChI is InChI=1S/C24H25ClN4O2/c1-31-20-10-8-17(9-11-20)22-12-13-23(28-27-22)29-14-4-6-19(16-29)24(30)26-15-18-5-2-3-7-21(18)25/h2-3,5,7-13,19H,4,6,14-16H2,1H3,(H,26,30). The first-order valence-electron chi connectivity index (χ1n) is 10.4. The highest BCUT2D eigenvalue weighted by Crippen LogP contribution is 2.25. The van der Waals surface area contributed by atoms with E-state index in [2.05, 4.69) is 20.4 Å². The van der Waals surface area contributed by atoms with Gasteiger partial charge in [0.25, 0.3) is 0 Å². The van der Waals surface area contributed by atoms with E-state index in [1.807, 2.05) is 60.7 Å². The molecule has 0 aliphatic carbocycles. The number of benzene rings is 2. The second kappa shape index (κ2) is 9.79. The van der Waals surface area contributed by atoms with Crippen LogP contribution in [0.3, 0.4) is 0 Å². The van der Waals surface area contributed by atoms with Gasteiger partial charge in [-0.05, 0) is 60.9 Å². The van der Waals surface area contributed by atoms with Gasteiger partial charge >= 0.3 is 0 Å². The van der Waals surface area contributed by atoms with Crippen molar-refractivity contribution in [2.24, 2.45) is 5.92 Å². The summed E-state index contributed by atoms with van der Waals surface area (Å²) in [7, 11) is 1.65. The molecule has 160 valence electrons. The number of carbonyl (C=O) groups is 1. The van der Waals surface area contributed by atoms with Crippen LogP contribution in [-0.4, -0.2) is 36.3 Å². The molecule has 0 radical (unpaired) electrons. The third-order valence-corrected chi connectivity index (χ3v) is 5.93. The van der Waals surface area contributed by atoms with Crippen LogP contribution in [0.25, 0.3) is 11.3 Å². The monoisotopic (exact) mass is 436 g/mol. The summed E-state index contributed by atoms with van der Waals surface area (Å²) in [5, 5.41) is 12.5. The largest absolute Gasteiger partial charge is 0.497 e. The SMILES string of the molecule is COc1ccc(-c2ccc(N3CCCC(C(=O)NCc4ccccc4Cl)C3)nn2)cc1. The fourth-order valence-electron chi connectivity index (χ4n) is 3.78. The molecule has 1 amide bonds. The molecule has 31 heavy (non-hydrogen) atoms. The number of nitrogens with one attached hydrogen (secondary N) is 1. The third-order valence-electron chi connectivity index (χ3n) is 5.56. The molecule has 2 aromatic carbocycles. The Morgan fingerprint density at radius 3 is 2.65 bits per heavy atom. The molecule has 1 saturated heterocycles. The molecule has 1 aromatic heterocycles. The molecule has 1 aliphatic rings. The first kappa shape index (κ1) is 21.1. The van der Waals surface area contributed by atoms with Crippen LogP contribution in [0.15, 0.2) is 60.7 Å². The van der Waals surface area contributed by atoms with Crippen LogP contribution in [0.1, 0.15) is 18.4 Å². The van der Waals surface area contributed by atoms with Crippen molar-refractivity contribution in [2.75, 3.05) is 25.1 Å². The number of anilines is 1. The predicted molar refractivity (Wildman–Crippen MR) is 122 cm³/mol. The summed E-state index contributed by atoms with van der Waals surface area (Å²) in [6.45, 7) is 1.93. The number of amides is 1. The molecular weight excluding hydrogens is 412 g/mol. The average molecular weight is 437 g/mol. The second-order valence-corrected chi connectivity index (χ2v) is 8.01. The van der Waals surface area contributed by atoms with Crippen LogP contribution in [0.2, 0.25) is 5.02 Å². The molecule has 0 bridgehead atoms. The number of piperidine rings is 1. The van der Waals surface area contributed by atoms with Gasteiger partial charge in [0, 0.05) is 30.2 Å². The van der Waals surface area contributed by atoms with E-state index in [0.717, 1.165) is 47.8 Å². The van der Waals surface area contributed by atoms with Crippen LogP contribution in [-0.2, 0) is 11.3 Å². The van der Waals surface area contributed by atoms with Gasteiger partial charge in [0.1, 0.15) is 5.75 Å². The van der Waals surface area contributed by atoms with E-state index in [1.54, 1.807) is 7.11 Å². The molecule has 7 heteroatoms. The Kier molecular flexibility index (Phi) is 6.67. The second-order valence-electron chi connectivity index (χ2n) is 7.60. The molecule has 0 saturated carbocycles. The maximum Gasteiger partial charge on any atom is 0.225 e. The zero-order chi connectivity index (χ0) is 21.6. The summed E-state index contributed by atoms with van der Waals surface area (Å²) < 4.78 is 5.20. The lowest BCUT2D eigenvalue weighted by Crippen LogP contribution is -2.43. The number of methoxy groups -OCH3 is 1. The number of hydrogen-bond acceptors (Lipinski definition) is 5. The number of ether oxygens (including phenoxy) is 1. The molecule has 1 fully saturated rings. The van der Waals surface area contributed by atoms with Crippen LogP contribution in [0.4, 0.5) is 5.82 Å². The van der Waals surface area contributed by atoms with Crippen molar-refractivity contribution >= 4 is 23.3 Å². The highest BCUT2D eigenvalue weighted by atomic mass is 35.5. The van der Waals surface area contributed by atoms with Crippen molar-refractivity contribution < 1.29 is 9.53 Å². The van der Waals surface area contributed by atoms with Gasteiger partial charge in [-0.15, -0.1) is 10.2 Å². The minimum Gasteiger partial charge on any atom is -0.497 e. The summed E-state index contributed by atoms with van der Waals surface area (Å²) in [5.41, 5.74) is 2.71. The Hall–Kier alpha value is -3.12. The first-order chi connectivity index (χ1) is 15.1. The minimum absolute atomic E-state index is 0.0485. The lowest BCUT2D eigenvalue weighted by Gasteiger charge is -2.32. The predicted octanol–water partition coefficient (Wildman–Crippen LogP) is 4.34. The van der Waals surface area contributed by atoms with E-state index < -0.39 is 0 Å². The summed E-state index contributed by atoms with van der Waals surface area (Å²) in [6, 6.07) is 19.2. The molecule has 4 rings (SSSR count).